The Balaban J connectivity index is 2.81. The van der Waals surface area contributed by atoms with Crippen molar-refractivity contribution >= 4 is 37.8 Å². The van der Waals surface area contributed by atoms with Crippen LogP contribution < -0.4 is 16.2 Å². The van der Waals surface area contributed by atoms with Crippen molar-refractivity contribution in [2.24, 2.45) is 17.4 Å². The molecule has 112 valence electrons. The van der Waals surface area contributed by atoms with Gasteiger partial charge >= 0.3 is 0 Å². The Hall–Kier alpha value is -0.590. The number of rotatable bonds is 7. The molecule has 2 atom stereocenters. The van der Waals surface area contributed by atoms with Crippen molar-refractivity contribution in [3.63, 3.8) is 0 Å². The quantitative estimate of drug-likeness (QED) is 0.729. The SMILES string of the molecule is CCC(N)Cc1cc(Br)c(OCC(C)C(N)=O)c(Br)c1. The Morgan fingerprint density at radius 1 is 1.35 bits per heavy atom. The summed E-state index contributed by atoms with van der Waals surface area (Å²) in [5.41, 5.74) is 12.3. The summed E-state index contributed by atoms with van der Waals surface area (Å²) in [6.45, 7) is 4.05. The van der Waals surface area contributed by atoms with Crippen LogP contribution >= 0.6 is 31.9 Å². The molecule has 2 unspecified atom stereocenters. The average Bonchev–Trinajstić information content (AvgIpc) is 2.37. The lowest BCUT2D eigenvalue weighted by molar-refractivity contribution is -0.122. The van der Waals surface area contributed by atoms with Gasteiger partial charge in [-0.25, -0.2) is 0 Å². The fourth-order valence-corrected chi connectivity index (χ4v) is 3.12. The van der Waals surface area contributed by atoms with Crippen LogP contribution in [-0.2, 0) is 11.2 Å². The smallest absolute Gasteiger partial charge is 0.223 e. The van der Waals surface area contributed by atoms with E-state index in [4.69, 9.17) is 16.2 Å². The minimum atomic E-state index is -0.372. The number of benzene rings is 1. The number of nitrogens with two attached hydrogens (primary N) is 2. The lowest BCUT2D eigenvalue weighted by Gasteiger charge is -2.15. The van der Waals surface area contributed by atoms with Crippen molar-refractivity contribution in [3.8, 4) is 5.75 Å². The summed E-state index contributed by atoms with van der Waals surface area (Å²) < 4.78 is 7.32. The van der Waals surface area contributed by atoms with Crippen molar-refractivity contribution in [1.29, 1.82) is 0 Å². The molecular weight excluding hydrogens is 388 g/mol. The normalized spacial score (nSPS) is 13.8. The summed E-state index contributed by atoms with van der Waals surface area (Å²) in [7, 11) is 0. The molecule has 4 N–H and O–H groups in total. The summed E-state index contributed by atoms with van der Waals surface area (Å²) in [4.78, 5) is 11.0. The number of amides is 1. The molecule has 0 aliphatic rings. The van der Waals surface area contributed by atoms with Gasteiger partial charge in [-0.1, -0.05) is 13.8 Å². The standard InChI is InChI=1S/C14H20Br2N2O2/c1-3-10(17)4-9-5-11(15)13(12(16)6-9)20-7-8(2)14(18)19/h5-6,8,10H,3-4,7,17H2,1-2H3,(H2,18,19). The van der Waals surface area contributed by atoms with Crippen molar-refractivity contribution in [2.45, 2.75) is 32.7 Å². The molecule has 0 heterocycles. The molecule has 1 aromatic rings. The van der Waals surface area contributed by atoms with Gasteiger partial charge in [0.1, 0.15) is 5.75 Å². The maximum Gasteiger partial charge on any atom is 0.223 e. The Kier molecular flexibility index (Phi) is 6.99. The molecule has 1 aromatic carbocycles. The predicted octanol–water partition coefficient (Wildman–Crippen LogP) is 2.99. The van der Waals surface area contributed by atoms with Gasteiger partial charge in [0.05, 0.1) is 21.5 Å². The van der Waals surface area contributed by atoms with Crippen molar-refractivity contribution < 1.29 is 9.53 Å². The maximum atomic E-state index is 11.0. The molecule has 0 radical (unpaired) electrons. The van der Waals surface area contributed by atoms with Crippen LogP contribution in [0.1, 0.15) is 25.8 Å². The third-order valence-electron chi connectivity index (χ3n) is 3.04. The molecule has 1 amide bonds. The second kappa shape index (κ2) is 8.00. The Labute approximate surface area is 136 Å². The van der Waals surface area contributed by atoms with Crippen molar-refractivity contribution in [3.05, 3.63) is 26.6 Å². The van der Waals surface area contributed by atoms with Gasteiger partial charge < -0.3 is 16.2 Å². The van der Waals surface area contributed by atoms with E-state index in [2.05, 4.69) is 38.8 Å². The van der Waals surface area contributed by atoms with E-state index in [1.165, 1.54) is 0 Å². The topological polar surface area (TPSA) is 78.3 Å². The van der Waals surface area contributed by atoms with Gasteiger partial charge in [-0.05, 0) is 62.4 Å². The Bertz CT molecular complexity index is 457. The lowest BCUT2D eigenvalue weighted by atomic mass is 10.0. The first-order valence-electron chi connectivity index (χ1n) is 6.50. The molecule has 4 nitrogen and oxygen atoms in total. The van der Waals surface area contributed by atoms with Gasteiger partial charge in [0, 0.05) is 6.04 Å². The van der Waals surface area contributed by atoms with E-state index in [1.54, 1.807) is 6.92 Å². The van der Waals surface area contributed by atoms with E-state index in [1.807, 2.05) is 12.1 Å². The first-order valence-corrected chi connectivity index (χ1v) is 8.09. The van der Waals surface area contributed by atoms with Gasteiger partial charge in [0.25, 0.3) is 0 Å². The van der Waals surface area contributed by atoms with Gasteiger partial charge in [-0.2, -0.15) is 0 Å². The summed E-state index contributed by atoms with van der Waals surface area (Å²) in [5.74, 6) is -0.0308. The van der Waals surface area contributed by atoms with Crippen LogP contribution in [0, 0.1) is 5.92 Å². The van der Waals surface area contributed by atoms with E-state index >= 15 is 0 Å². The van der Waals surface area contributed by atoms with Crippen molar-refractivity contribution in [1.82, 2.24) is 0 Å². The minimum absolute atomic E-state index is 0.149. The molecule has 6 heteroatoms. The van der Waals surface area contributed by atoms with Crippen LogP contribution in [0.3, 0.4) is 0 Å². The first-order chi connectivity index (χ1) is 9.35. The summed E-state index contributed by atoms with van der Waals surface area (Å²) in [6, 6.07) is 4.13. The van der Waals surface area contributed by atoms with Gasteiger partial charge in [0.2, 0.25) is 5.91 Å². The molecule has 1 rings (SSSR count). The third kappa shape index (κ3) is 5.07. The van der Waals surface area contributed by atoms with Gasteiger partial charge in [-0.3, -0.25) is 4.79 Å². The van der Waals surface area contributed by atoms with Crippen molar-refractivity contribution in [2.75, 3.05) is 6.61 Å². The zero-order chi connectivity index (χ0) is 15.3. The number of carbonyl (C=O) groups is 1. The Morgan fingerprint density at radius 2 is 1.90 bits per heavy atom. The van der Waals surface area contributed by atoms with E-state index in [9.17, 15) is 4.79 Å². The second-order valence-corrected chi connectivity index (χ2v) is 6.58. The van der Waals surface area contributed by atoms with E-state index in [0.717, 1.165) is 27.4 Å². The van der Waals surface area contributed by atoms with Gasteiger partial charge in [-0.15, -0.1) is 0 Å². The van der Waals surface area contributed by atoms with Gasteiger partial charge in [0.15, 0.2) is 0 Å². The molecule has 0 bridgehead atoms. The fraction of sp³-hybridized carbons (Fsp3) is 0.500. The molecule has 0 spiro atoms. The summed E-state index contributed by atoms with van der Waals surface area (Å²) in [5, 5.41) is 0. The summed E-state index contributed by atoms with van der Waals surface area (Å²) in [6.07, 6.45) is 1.75. The highest BCUT2D eigenvalue weighted by Gasteiger charge is 2.14. The molecule has 0 saturated heterocycles. The fourth-order valence-electron chi connectivity index (χ4n) is 1.61. The molecule has 20 heavy (non-hydrogen) atoms. The molecular formula is C14H20Br2N2O2. The maximum absolute atomic E-state index is 11.0. The van der Waals surface area contributed by atoms with E-state index in [0.29, 0.717) is 5.75 Å². The number of hydrogen-bond acceptors (Lipinski definition) is 3. The minimum Gasteiger partial charge on any atom is -0.490 e. The molecule has 0 aliphatic heterocycles. The summed E-state index contributed by atoms with van der Waals surface area (Å²) >= 11 is 6.97. The number of ether oxygens (including phenoxy) is 1. The molecule has 0 fully saturated rings. The molecule has 0 saturated carbocycles. The van der Waals surface area contributed by atoms with Crippen LogP contribution in [-0.4, -0.2) is 18.6 Å². The van der Waals surface area contributed by atoms with Crippen LogP contribution in [0.15, 0.2) is 21.1 Å². The second-order valence-electron chi connectivity index (χ2n) is 4.88. The molecule has 0 aliphatic carbocycles. The predicted molar refractivity (Wildman–Crippen MR) is 87.7 cm³/mol. The van der Waals surface area contributed by atoms with Crippen LogP contribution in [0.5, 0.6) is 5.75 Å². The lowest BCUT2D eigenvalue weighted by Crippen LogP contribution is -2.26. The van der Waals surface area contributed by atoms with E-state index in [-0.39, 0.29) is 24.5 Å². The van der Waals surface area contributed by atoms with Crippen LogP contribution in [0.25, 0.3) is 0 Å². The molecule has 0 aromatic heterocycles. The van der Waals surface area contributed by atoms with Crippen LogP contribution in [0.2, 0.25) is 0 Å². The highest BCUT2D eigenvalue weighted by Crippen LogP contribution is 2.35. The van der Waals surface area contributed by atoms with E-state index < -0.39 is 0 Å². The zero-order valence-electron chi connectivity index (χ0n) is 11.7. The first kappa shape index (κ1) is 17.5. The van der Waals surface area contributed by atoms with Crippen LogP contribution in [0.4, 0.5) is 0 Å². The number of primary amides is 1. The average molecular weight is 408 g/mol. The highest BCUT2D eigenvalue weighted by atomic mass is 79.9. The number of hydrogen-bond donors (Lipinski definition) is 2. The Morgan fingerprint density at radius 3 is 2.35 bits per heavy atom. The third-order valence-corrected chi connectivity index (χ3v) is 4.22. The zero-order valence-corrected chi connectivity index (χ0v) is 14.8. The largest absolute Gasteiger partial charge is 0.490 e. The number of carbonyl (C=O) groups excluding carboxylic acids is 1. The number of halogens is 2. The monoisotopic (exact) mass is 406 g/mol. The highest BCUT2D eigenvalue weighted by molar-refractivity contribution is 9.11.